The molecule has 1 unspecified atom stereocenters. The zero-order chi connectivity index (χ0) is 17.9. The number of nitrogens with two attached hydrogens (primary N) is 1. The average molecular weight is 382 g/mol. The standard InChI is InChI=1S/C17H20ClN3O3S/c18-14-6-1-2-7-15(14)24-12-13-5-4-10-21(11-13)17-16(25(19,22)23)8-3-9-20-17/h1-3,6-9,13H,4-5,10-12H2,(H2,19,22,23). The summed E-state index contributed by atoms with van der Waals surface area (Å²) in [6.07, 6.45) is 3.50. The van der Waals surface area contributed by atoms with E-state index in [9.17, 15) is 8.42 Å². The number of piperidine rings is 1. The van der Waals surface area contributed by atoms with Crippen molar-refractivity contribution < 1.29 is 13.2 Å². The molecular formula is C17H20ClN3O3S. The molecule has 0 radical (unpaired) electrons. The van der Waals surface area contributed by atoms with Gasteiger partial charge in [0.2, 0.25) is 10.0 Å². The van der Waals surface area contributed by atoms with Crippen LogP contribution in [-0.4, -0.2) is 33.1 Å². The minimum atomic E-state index is -3.81. The molecule has 2 N–H and O–H groups in total. The van der Waals surface area contributed by atoms with Gasteiger partial charge in [-0.1, -0.05) is 23.7 Å². The fraction of sp³-hybridized carbons (Fsp3) is 0.353. The smallest absolute Gasteiger partial charge is 0.241 e. The van der Waals surface area contributed by atoms with E-state index in [-0.39, 0.29) is 10.8 Å². The summed E-state index contributed by atoms with van der Waals surface area (Å²) in [7, 11) is -3.81. The quantitative estimate of drug-likeness (QED) is 0.860. The Labute approximate surface area is 152 Å². The number of ether oxygens (including phenoxy) is 1. The van der Waals surface area contributed by atoms with Crippen LogP contribution in [0.3, 0.4) is 0 Å². The van der Waals surface area contributed by atoms with Crippen LogP contribution in [-0.2, 0) is 10.0 Å². The van der Waals surface area contributed by atoms with Gasteiger partial charge >= 0.3 is 0 Å². The van der Waals surface area contributed by atoms with Crippen LogP contribution in [0, 0.1) is 5.92 Å². The van der Waals surface area contributed by atoms with E-state index in [4.69, 9.17) is 21.5 Å². The monoisotopic (exact) mass is 381 g/mol. The molecule has 1 aromatic carbocycles. The Bertz CT molecular complexity index is 845. The van der Waals surface area contributed by atoms with Crippen LogP contribution in [0.1, 0.15) is 12.8 Å². The molecule has 1 aliphatic heterocycles. The van der Waals surface area contributed by atoms with E-state index < -0.39 is 10.0 Å². The molecule has 1 saturated heterocycles. The lowest BCUT2D eigenvalue weighted by molar-refractivity contribution is 0.228. The molecule has 1 aliphatic rings. The molecule has 0 saturated carbocycles. The Morgan fingerprint density at radius 1 is 1.28 bits per heavy atom. The van der Waals surface area contributed by atoms with Crippen molar-refractivity contribution in [1.29, 1.82) is 0 Å². The molecule has 8 heteroatoms. The molecule has 134 valence electrons. The summed E-state index contributed by atoms with van der Waals surface area (Å²) in [6, 6.07) is 10.4. The van der Waals surface area contributed by atoms with Gasteiger partial charge in [0, 0.05) is 25.2 Å². The SMILES string of the molecule is NS(=O)(=O)c1cccnc1N1CCCC(COc2ccccc2Cl)C1. The summed E-state index contributed by atoms with van der Waals surface area (Å²) < 4.78 is 29.4. The van der Waals surface area contributed by atoms with Crippen molar-refractivity contribution in [2.45, 2.75) is 17.7 Å². The van der Waals surface area contributed by atoms with E-state index in [1.165, 1.54) is 6.07 Å². The van der Waals surface area contributed by atoms with Gasteiger partial charge in [0.1, 0.15) is 16.5 Å². The number of anilines is 1. The predicted octanol–water partition coefficient (Wildman–Crippen LogP) is 2.68. The third kappa shape index (κ3) is 4.42. The van der Waals surface area contributed by atoms with Gasteiger partial charge in [-0.15, -0.1) is 0 Å². The Hall–Kier alpha value is -1.83. The maximum absolute atomic E-state index is 11.8. The predicted molar refractivity (Wildman–Crippen MR) is 97.5 cm³/mol. The molecule has 25 heavy (non-hydrogen) atoms. The molecule has 0 aliphatic carbocycles. The lowest BCUT2D eigenvalue weighted by Crippen LogP contribution is -2.39. The number of para-hydroxylation sites is 1. The first-order valence-electron chi connectivity index (χ1n) is 8.05. The number of aromatic nitrogens is 1. The molecule has 3 rings (SSSR count). The van der Waals surface area contributed by atoms with Crippen LogP contribution >= 0.6 is 11.6 Å². The summed E-state index contributed by atoms with van der Waals surface area (Å²) in [4.78, 5) is 6.26. The highest BCUT2D eigenvalue weighted by Gasteiger charge is 2.26. The Kier molecular flexibility index (Phi) is 5.46. The first kappa shape index (κ1) is 18.0. The number of hydrogen-bond acceptors (Lipinski definition) is 5. The first-order chi connectivity index (χ1) is 11.9. The fourth-order valence-electron chi connectivity index (χ4n) is 3.00. The minimum Gasteiger partial charge on any atom is -0.492 e. The lowest BCUT2D eigenvalue weighted by Gasteiger charge is -2.34. The van der Waals surface area contributed by atoms with Crippen LogP contribution in [0.25, 0.3) is 0 Å². The molecule has 0 spiro atoms. The van der Waals surface area contributed by atoms with Gasteiger partial charge < -0.3 is 9.64 Å². The van der Waals surface area contributed by atoms with E-state index in [0.29, 0.717) is 29.7 Å². The normalized spacial score (nSPS) is 18.2. The van der Waals surface area contributed by atoms with Crippen molar-refractivity contribution in [3.05, 3.63) is 47.6 Å². The third-order valence-corrected chi connectivity index (χ3v) is 5.43. The van der Waals surface area contributed by atoms with E-state index in [2.05, 4.69) is 4.98 Å². The van der Waals surface area contributed by atoms with E-state index in [1.54, 1.807) is 18.3 Å². The number of sulfonamides is 1. The summed E-state index contributed by atoms with van der Waals surface area (Å²) in [5, 5.41) is 5.90. The first-order valence-corrected chi connectivity index (χ1v) is 9.97. The molecule has 1 atom stereocenters. The van der Waals surface area contributed by atoms with E-state index in [0.717, 1.165) is 19.4 Å². The topological polar surface area (TPSA) is 85.5 Å². The van der Waals surface area contributed by atoms with Crippen LogP contribution in [0.15, 0.2) is 47.5 Å². The summed E-state index contributed by atoms with van der Waals surface area (Å²) in [6.45, 7) is 1.91. The highest BCUT2D eigenvalue weighted by molar-refractivity contribution is 7.89. The summed E-state index contributed by atoms with van der Waals surface area (Å²) in [5.74, 6) is 1.32. The average Bonchev–Trinajstić information content (AvgIpc) is 2.61. The van der Waals surface area contributed by atoms with Gasteiger partial charge in [-0.3, -0.25) is 0 Å². The molecule has 0 amide bonds. The van der Waals surface area contributed by atoms with Crippen molar-refractivity contribution in [3.63, 3.8) is 0 Å². The Balaban J connectivity index is 1.71. The Morgan fingerprint density at radius 3 is 2.84 bits per heavy atom. The molecule has 1 aromatic heterocycles. The maximum atomic E-state index is 11.8. The van der Waals surface area contributed by atoms with Gasteiger partial charge in [-0.25, -0.2) is 18.5 Å². The van der Waals surface area contributed by atoms with Crippen molar-refractivity contribution in [2.75, 3.05) is 24.6 Å². The highest BCUT2D eigenvalue weighted by Crippen LogP contribution is 2.28. The van der Waals surface area contributed by atoms with Crippen LogP contribution < -0.4 is 14.8 Å². The molecule has 2 aromatic rings. The fourth-order valence-corrected chi connectivity index (χ4v) is 3.90. The van der Waals surface area contributed by atoms with Crippen molar-refractivity contribution in [2.24, 2.45) is 11.1 Å². The molecule has 0 bridgehead atoms. The number of primary sulfonamides is 1. The number of benzene rings is 1. The zero-order valence-corrected chi connectivity index (χ0v) is 15.2. The number of pyridine rings is 1. The molecule has 6 nitrogen and oxygen atoms in total. The van der Waals surface area contributed by atoms with Gasteiger partial charge in [-0.05, 0) is 37.1 Å². The summed E-state index contributed by atoms with van der Waals surface area (Å²) >= 11 is 6.11. The second-order valence-electron chi connectivity index (χ2n) is 6.07. The van der Waals surface area contributed by atoms with Gasteiger partial charge in [-0.2, -0.15) is 0 Å². The number of halogens is 1. The zero-order valence-electron chi connectivity index (χ0n) is 13.6. The lowest BCUT2D eigenvalue weighted by atomic mass is 9.99. The van der Waals surface area contributed by atoms with Crippen LogP contribution in [0.5, 0.6) is 5.75 Å². The number of hydrogen-bond donors (Lipinski definition) is 1. The van der Waals surface area contributed by atoms with Gasteiger partial charge in [0.15, 0.2) is 0 Å². The summed E-state index contributed by atoms with van der Waals surface area (Å²) in [5.41, 5.74) is 0. The van der Waals surface area contributed by atoms with Crippen LogP contribution in [0.4, 0.5) is 5.82 Å². The van der Waals surface area contributed by atoms with Crippen LogP contribution in [0.2, 0.25) is 5.02 Å². The third-order valence-electron chi connectivity index (χ3n) is 4.19. The molecular weight excluding hydrogens is 362 g/mol. The molecule has 2 heterocycles. The van der Waals surface area contributed by atoms with Crippen molar-refractivity contribution in [3.8, 4) is 5.75 Å². The Morgan fingerprint density at radius 2 is 2.08 bits per heavy atom. The minimum absolute atomic E-state index is 0.0580. The molecule has 1 fully saturated rings. The highest BCUT2D eigenvalue weighted by atomic mass is 35.5. The second-order valence-corrected chi connectivity index (χ2v) is 8.00. The van der Waals surface area contributed by atoms with E-state index >= 15 is 0 Å². The van der Waals surface area contributed by atoms with Gasteiger partial charge in [0.25, 0.3) is 0 Å². The number of rotatable bonds is 5. The number of nitrogens with zero attached hydrogens (tertiary/aromatic N) is 2. The maximum Gasteiger partial charge on any atom is 0.241 e. The van der Waals surface area contributed by atoms with Crippen molar-refractivity contribution in [1.82, 2.24) is 4.98 Å². The largest absolute Gasteiger partial charge is 0.492 e. The van der Waals surface area contributed by atoms with E-state index in [1.807, 2.05) is 23.1 Å². The van der Waals surface area contributed by atoms with Crippen molar-refractivity contribution >= 4 is 27.4 Å². The van der Waals surface area contributed by atoms with Gasteiger partial charge in [0.05, 0.1) is 11.6 Å². The second kappa shape index (κ2) is 7.59.